The Labute approximate surface area is 250 Å². The Morgan fingerprint density at radius 1 is 0.854 bits per heavy atom. The van der Waals surface area contributed by atoms with Gasteiger partial charge in [0.15, 0.2) is 0 Å². The van der Waals surface area contributed by atoms with Crippen molar-refractivity contribution < 1.29 is 4.79 Å². The van der Waals surface area contributed by atoms with Gasteiger partial charge in [0.25, 0.3) is 5.91 Å². The second-order valence-corrected chi connectivity index (χ2v) is 12.9. The van der Waals surface area contributed by atoms with Gasteiger partial charge in [0.05, 0.1) is 6.54 Å². The third kappa shape index (κ3) is 9.35. The largest absolute Gasteiger partial charge is 0.349 e. The molecule has 1 heterocycles. The van der Waals surface area contributed by atoms with Gasteiger partial charge in [-0.3, -0.25) is 9.69 Å². The van der Waals surface area contributed by atoms with Crippen molar-refractivity contribution in [3.8, 4) is 0 Å². The third-order valence-corrected chi connectivity index (χ3v) is 8.19. The minimum Gasteiger partial charge on any atom is -0.349 e. The summed E-state index contributed by atoms with van der Waals surface area (Å²) < 4.78 is 0. The molecule has 41 heavy (non-hydrogen) atoms. The predicted octanol–water partition coefficient (Wildman–Crippen LogP) is 6.96. The summed E-state index contributed by atoms with van der Waals surface area (Å²) >= 11 is 1.57. The van der Waals surface area contributed by atoms with Crippen molar-refractivity contribution in [3.63, 3.8) is 0 Å². The quantitative estimate of drug-likeness (QED) is 0.190. The molecular weight excluding hydrogens is 524 g/mol. The number of benzene rings is 3. The molecule has 0 aliphatic heterocycles. The van der Waals surface area contributed by atoms with E-state index in [1.807, 2.05) is 19.5 Å². The summed E-state index contributed by atoms with van der Waals surface area (Å²) in [5.41, 5.74) is 5.92. The first-order valence-corrected chi connectivity index (χ1v) is 15.4. The Hall–Kier alpha value is -3.32. The molecule has 0 atom stereocenters. The summed E-state index contributed by atoms with van der Waals surface area (Å²) in [6.45, 7) is 10.6. The first kappa shape index (κ1) is 30.6. The van der Waals surface area contributed by atoms with Crippen LogP contribution in [0.4, 0.5) is 0 Å². The van der Waals surface area contributed by atoms with Crippen LogP contribution in [0.2, 0.25) is 0 Å². The van der Waals surface area contributed by atoms with Crippen LogP contribution in [0.15, 0.2) is 90.3 Å². The molecule has 6 heteroatoms. The standard InChI is InChI=1S/C35H44N4OS/c1-35(2,3)30-18-16-27(17-19-30)24-39(25-33-37-32(26-41-33)34(40)36-21-23-38(4)5)22-20-31(28-12-8-6-9-13-28)29-14-10-7-11-15-29/h6-19,26,31H,20-25H2,1-5H3,(H,36,40). The molecule has 216 valence electrons. The van der Waals surface area contributed by atoms with Crippen molar-refractivity contribution in [1.29, 1.82) is 0 Å². The molecule has 1 N–H and O–H groups in total. The fourth-order valence-corrected chi connectivity index (χ4v) is 5.77. The number of carbonyl (C=O) groups excluding carboxylic acids is 1. The molecular formula is C35H44N4OS. The average Bonchev–Trinajstić information content (AvgIpc) is 3.42. The fourth-order valence-electron chi connectivity index (χ4n) is 4.95. The maximum absolute atomic E-state index is 12.7. The van der Waals surface area contributed by atoms with Crippen LogP contribution in [0, 0.1) is 0 Å². The second-order valence-electron chi connectivity index (χ2n) is 12.0. The number of amides is 1. The highest BCUT2D eigenvalue weighted by molar-refractivity contribution is 7.09. The molecule has 0 radical (unpaired) electrons. The number of likely N-dealkylation sites (N-methyl/N-ethyl adjacent to an activating group) is 1. The molecule has 5 nitrogen and oxygen atoms in total. The van der Waals surface area contributed by atoms with Crippen LogP contribution in [0.1, 0.15) is 70.9 Å². The second kappa shape index (κ2) is 14.5. The van der Waals surface area contributed by atoms with E-state index in [-0.39, 0.29) is 11.3 Å². The van der Waals surface area contributed by atoms with Gasteiger partial charge >= 0.3 is 0 Å². The van der Waals surface area contributed by atoms with Crippen molar-refractivity contribution in [2.75, 3.05) is 33.7 Å². The molecule has 4 aromatic rings. The monoisotopic (exact) mass is 568 g/mol. The summed E-state index contributed by atoms with van der Waals surface area (Å²) in [6, 6.07) is 30.6. The van der Waals surface area contributed by atoms with Crippen LogP contribution in [-0.2, 0) is 18.5 Å². The summed E-state index contributed by atoms with van der Waals surface area (Å²) in [7, 11) is 4.00. The summed E-state index contributed by atoms with van der Waals surface area (Å²) in [5, 5.41) is 5.83. The van der Waals surface area contributed by atoms with E-state index < -0.39 is 0 Å². The Bertz CT molecular complexity index is 1300. The topological polar surface area (TPSA) is 48.5 Å². The van der Waals surface area contributed by atoms with Crippen LogP contribution in [0.25, 0.3) is 0 Å². The smallest absolute Gasteiger partial charge is 0.270 e. The Balaban J connectivity index is 1.52. The highest BCUT2D eigenvalue weighted by Crippen LogP contribution is 2.29. The lowest BCUT2D eigenvalue weighted by molar-refractivity contribution is 0.0946. The van der Waals surface area contributed by atoms with Crippen LogP contribution < -0.4 is 5.32 Å². The number of rotatable bonds is 13. The molecule has 0 saturated carbocycles. The van der Waals surface area contributed by atoms with Gasteiger partial charge in [0.1, 0.15) is 10.7 Å². The minimum absolute atomic E-state index is 0.105. The SMILES string of the molecule is CN(C)CCNC(=O)c1csc(CN(CCC(c2ccccc2)c2ccccc2)Cc2ccc(C(C)(C)C)cc2)n1. The molecule has 0 saturated heterocycles. The highest BCUT2D eigenvalue weighted by Gasteiger charge is 2.19. The highest BCUT2D eigenvalue weighted by atomic mass is 32.1. The van der Waals surface area contributed by atoms with E-state index in [1.165, 1.54) is 22.3 Å². The number of nitrogens with zero attached hydrogens (tertiary/aromatic N) is 3. The molecule has 0 bridgehead atoms. The van der Waals surface area contributed by atoms with Gasteiger partial charge in [-0.2, -0.15) is 0 Å². The fraction of sp³-hybridized carbons (Fsp3) is 0.371. The van der Waals surface area contributed by atoms with E-state index in [0.717, 1.165) is 31.1 Å². The number of carbonyl (C=O) groups is 1. The van der Waals surface area contributed by atoms with Gasteiger partial charge in [0, 0.05) is 30.9 Å². The van der Waals surface area contributed by atoms with Crippen LogP contribution >= 0.6 is 11.3 Å². The Morgan fingerprint density at radius 3 is 2.02 bits per heavy atom. The van der Waals surface area contributed by atoms with E-state index >= 15 is 0 Å². The van der Waals surface area contributed by atoms with E-state index in [0.29, 0.717) is 24.7 Å². The third-order valence-electron chi connectivity index (χ3n) is 7.35. The van der Waals surface area contributed by atoms with Crippen LogP contribution in [0.3, 0.4) is 0 Å². The minimum atomic E-state index is -0.105. The molecule has 1 aromatic heterocycles. The normalized spacial score (nSPS) is 11.9. The van der Waals surface area contributed by atoms with Crippen molar-refractivity contribution in [2.24, 2.45) is 0 Å². The van der Waals surface area contributed by atoms with Crippen molar-refractivity contribution >= 4 is 17.2 Å². The molecule has 0 aliphatic rings. The lowest BCUT2D eigenvalue weighted by Crippen LogP contribution is -2.31. The van der Waals surface area contributed by atoms with Gasteiger partial charge in [-0.1, -0.05) is 106 Å². The van der Waals surface area contributed by atoms with Crippen LogP contribution in [0.5, 0.6) is 0 Å². The first-order chi connectivity index (χ1) is 19.7. The first-order valence-electron chi connectivity index (χ1n) is 14.5. The Kier molecular flexibility index (Phi) is 10.9. The summed E-state index contributed by atoms with van der Waals surface area (Å²) in [6.07, 6.45) is 0.983. The zero-order valence-corrected chi connectivity index (χ0v) is 26.0. The number of nitrogens with one attached hydrogen (secondary N) is 1. The van der Waals surface area contributed by atoms with E-state index in [1.54, 1.807) is 11.3 Å². The van der Waals surface area contributed by atoms with E-state index in [4.69, 9.17) is 4.98 Å². The number of thiazole rings is 1. The van der Waals surface area contributed by atoms with Gasteiger partial charge in [0.2, 0.25) is 0 Å². The molecule has 3 aromatic carbocycles. The summed E-state index contributed by atoms with van der Waals surface area (Å²) in [4.78, 5) is 21.9. The van der Waals surface area contributed by atoms with E-state index in [9.17, 15) is 4.79 Å². The zero-order valence-electron chi connectivity index (χ0n) is 25.1. The molecule has 1 amide bonds. The number of aromatic nitrogens is 1. The zero-order chi connectivity index (χ0) is 29.2. The van der Waals surface area contributed by atoms with E-state index in [2.05, 4.69) is 121 Å². The average molecular weight is 569 g/mol. The maximum Gasteiger partial charge on any atom is 0.270 e. The predicted molar refractivity (Wildman–Crippen MR) is 172 cm³/mol. The molecule has 0 fully saturated rings. The van der Waals surface area contributed by atoms with Gasteiger partial charge in [-0.05, 0) is 54.7 Å². The van der Waals surface area contributed by atoms with Gasteiger partial charge in [-0.25, -0.2) is 4.98 Å². The molecule has 0 aliphatic carbocycles. The van der Waals surface area contributed by atoms with Crippen LogP contribution in [-0.4, -0.2) is 54.4 Å². The summed E-state index contributed by atoms with van der Waals surface area (Å²) in [5.74, 6) is 0.199. The lowest BCUT2D eigenvalue weighted by atomic mass is 9.86. The van der Waals surface area contributed by atoms with Crippen molar-refractivity contribution in [2.45, 2.75) is 51.6 Å². The van der Waals surface area contributed by atoms with Crippen molar-refractivity contribution in [1.82, 2.24) is 20.1 Å². The molecule has 0 unspecified atom stereocenters. The molecule has 4 rings (SSSR count). The lowest BCUT2D eigenvalue weighted by Gasteiger charge is -2.26. The number of hydrogen-bond acceptors (Lipinski definition) is 5. The number of hydrogen-bond donors (Lipinski definition) is 1. The van der Waals surface area contributed by atoms with Crippen molar-refractivity contribution in [3.05, 3.63) is 123 Å². The van der Waals surface area contributed by atoms with Gasteiger partial charge in [-0.15, -0.1) is 11.3 Å². The van der Waals surface area contributed by atoms with Gasteiger partial charge < -0.3 is 10.2 Å². The molecule has 0 spiro atoms. The maximum atomic E-state index is 12.7. The Morgan fingerprint density at radius 2 is 1.46 bits per heavy atom.